The molecule has 1 nitrogen and oxygen atoms in total. The van der Waals surface area contributed by atoms with Gasteiger partial charge in [0, 0.05) is 5.69 Å². The smallest absolute Gasteiger partial charge is 0.0323 e. The van der Waals surface area contributed by atoms with Gasteiger partial charge in [0.25, 0.3) is 0 Å². The van der Waals surface area contributed by atoms with Gasteiger partial charge < -0.3 is 5.73 Å². The fraction of sp³-hybridized carbons (Fsp3) is 0.167. The van der Waals surface area contributed by atoms with Crippen LogP contribution in [0.2, 0.25) is 0 Å². The van der Waals surface area contributed by atoms with Crippen LogP contribution in [0.4, 0.5) is 5.69 Å². The fourth-order valence-corrected chi connectivity index (χ4v) is 1.51. The van der Waals surface area contributed by atoms with Gasteiger partial charge in [-0.1, -0.05) is 24.8 Å². The summed E-state index contributed by atoms with van der Waals surface area (Å²) in [5, 5.41) is 2.36. The van der Waals surface area contributed by atoms with E-state index in [9.17, 15) is 0 Å². The molecule has 0 amide bonds. The third-order valence-corrected chi connectivity index (χ3v) is 2.03. The topological polar surface area (TPSA) is 26.0 Å². The summed E-state index contributed by atoms with van der Waals surface area (Å²) >= 11 is 0. The molecule has 0 aromatic heterocycles. The van der Waals surface area contributed by atoms with Gasteiger partial charge in [0.05, 0.1) is 0 Å². The molecular weight excluding hydrogens is 158 g/mol. The van der Waals surface area contributed by atoms with Crippen molar-refractivity contribution in [1.29, 1.82) is 0 Å². The second kappa shape index (κ2) is 3.94. The summed E-state index contributed by atoms with van der Waals surface area (Å²) in [6.45, 7) is 7.77. The van der Waals surface area contributed by atoms with E-state index in [1.54, 1.807) is 6.08 Å². The van der Waals surface area contributed by atoms with E-state index in [-0.39, 0.29) is 0 Å². The first-order valence-corrected chi connectivity index (χ1v) is 4.34. The second-order valence-electron chi connectivity index (χ2n) is 3.03. The molecule has 13 heavy (non-hydrogen) atoms. The van der Waals surface area contributed by atoms with Crippen LogP contribution in [0.5, 0.6) is 0 Å². The highest BCUT2D eigenvalue weighted by molar-refractivity contribution is 5.49. The molecule has 0 heterocycles. The maximum Gasteiger partial charge on any atom is 0.0323 e. The minimum absolute atomic E-state index is 0.802. The first kappa shape index (κ1) is 9.59. The largest absolute Gasteiger partial charge is 0.399 e. The lowest BCUT2D eigenvalue weighted by Crippen LogP contribution is -2.27. The molecule has 1 aromatic rings. The number of anilines is 1. The molecule has 0 aliphatic heterocycles. The van der Waals surface area contributed by atoms with Crippen molar-refractivity contribution < 1.29 is 0 Å². The van der Waals surface area contributed by atoms with Crippen LogP contribution in [0.1, 0.15) is 12.5 Å². The molecular formula is C12H15N. The summed E-state index contributed by atoms with van der Waals surface area (Å²) in [7, 11) is 0. The Morgan fingerprint density at radius 1 is 1.38 bits per heavy atom. The van der Waals surface area contributed by atoms with Crippen molar-refractivity contribution in [2.24, 2.45) is 0 Å². The van der Waals surface area contributed by atoms with Crippen molar-refractivity contribution in [1.82, 2.24) is 0 Å². The van der Waals surface area contributed by atoms with Crippen LogP contribution in [0.15, 0.2) is 24.8 Å². The average molecular weight is 173 g/mol. The third-order valence-electron chi connectivity index (χ3n) is 2.03. The molecule has 0 radical (unpaired) electrons. The molecule has 0 saturated heterocycles. The van der Waals surface area contributed by atoms with Crippen molar-refractivity contribution in [2.75, 3.05) is 5.73 Å². The van der Waals surface area contributed by atoms with Crippen LogP contribution in [0.3, 0.4) is 0 Å². The molecule has 0 spiro atoms. The molecule has 2 N–H and O–H groups in total. The molecule has 0 fully saturated rings. The number of aryl methyl sites for hydroxylation is 1. The Morgan fingerprint density at radius 2 is 2.08 bits per heavy atom. The molecule has 0 aliphatic rings. The lowest BCUT2D eigenvalue weighted by Gasteiger charge is -1.98. The summed E-state index contributed by atoms with van der Waals surface area (Å²) in [6.07, 6.45) is 5.84. The molecule has 1 heteroatoms. The Labute approximate surface area is 78.9 Å². The van der Waals surface area contributed by atoms with Gasteiger partial charge in [-0.3, -0.25) is 0 Å². The number of hydrogen-bond donors (Lipinski definition) is 1. The van der Waals surface area contributed by atoms with E-state index in [1.807, 2.05) is 25.1 Å². The second-order valence-corrected chi connectivity index (χ2v) is 3.03. The number of nitrogens with two attached hydrogens (primary N) is 1. The normalized spacial score (nSPS) is 13.4. The monoisotopic (exact) mass is 173 g/mol. The Morgan fingerprint density at radius 3 is 2.62 bits per heavy atom. The van der Waals surface area contributed by atoms with Gasteiger partial charge in [0.15, 0.2) is 0 Å². The molecule has 1 aromatic carbocycles. The minimum Gasteiger partial charge on any atom is -0.399 e. The van der Waals surface area contributed by atoms with Crippen LogP contribution >= 0.6 is 0 Å². The number of allylic oxidation sites excluding steroid dienone is 1. The quantitative estimate of drug-likeness (QED) is 0.637. The van der Waals surface area contributed by atoms with E-state index in [4.69, 9.17) is 5.73 Å². The highest BCUT2D eigenvalue weighted by atomic mass is 14.5. The van der Waals surface area contributed by atoms with Gasteiger partial charge >= 0.3 is 0 Å². The lowest BCUT2D eigenvalue weighted by atomic mass is 10.1. The number of nitrogen functional groups attached to an aromatic ring is 1. The number of benzene rings is 1. The van der Waals surface area contributed by atoms with Gasteiger partial charge in [-0.05, 0) is 42.0 Å². The van der Waals surface area contributed by atoms with Gasteiger partial charge in [-0.15, -0.1) is 0 Å². The van der Waals surface area contributed by atoms with Gasteiger partial charge in [-0.25, -0.2) is 0 Å². The SMILES string of the molecule is C=C/C=c1/cc(N)cc(C)/c1=C/C. The van der Waals surface area contributed by atoms with Crippen molar-refractivity contribution in [3.63, 3.8) is 0 Å². The van der Waals surface area contributed by atoms with E-state index < -0.39 is 0 Å². The maximum atomic E-state index is 5.75. The third kappa shape index (κ3) is 2.00. The summed E-state index contributed by atoms with van der Waals surface area (Å²) in [5.74, 6) is 0. The molecule has 0 aliphatic carbocycles. The summed E-state index contributed by atoms with van der Waals surface area (Å²) in [6, 6.07) is 3.94. The number of rotatable bonds is 1. The predicted octanol–water partition coefficient (Wildman–Crippen LogP) is 1.34. The highest BCUT2D eigenvalue weighted by Crippen LogP contribution is 1.96. The zero-order chi connectivity index (χ0) is 9.84. The first-order chi connectivity index (χ1) is 6.19. The van der Waals surface area contributed by atoms with E-state index in [0.717, 1.165) is 10.9 Å². The average Bonchev–Trinajstić information content (AvgIpc) is 2.04. The predicted molar refractivity (Wildman–Crippen MR) is 59.6 cm³/mol. The van der Waals surface area contributed by atoms with Crippen LogP contribution in [0, 0.1) is 6.92 Å². The van der Waals surface area contributed by atoms with Crippen molar-refractivity contribution in [3.05, 3.63) is 40.8 Å². The minimum atomic E-state index is 0.802. The fourth-order valence-electron chi connectivity index (χ4n) is 1.51. The van der Waals surface area contributed by atoms with E-state index >= 15 is 0 Å². The first-order valence-electron chi connectivity index (χ1n) is 4.34. The van der Waals surface area contributed by atoms with Gasteiger partial charge in [-0.2, -0.15) is 0 Å². The zero-order valence-electron chi connectivity index (χ0n) is 8.17. The molecule has 0 atom stereocenters. The van der Waals surface area contributed by atoms with Crippen molar-refractivity contribution >= 4 is 17.8 Å². The van der Waals surface area contributed by atoms with Gasteiger partial charge in [0.2, 0.25) is 0 Å². The molecule has 0 saturated carbocycles. The van der Waals surface area contributed by atoms with Crippen molar-refractivity contribution in [3.8, 4) is 0 Å². The number of hydrogen-bond acceptors (Lipinski definition) is 1. The van der Waals surface area contributed by atoms with Gasteiger partial charge in [0.1, 0.15) is 0 Å². The Hall–Kier alpha value is -1.50. The molecule has 0 unspecified atom stereocenters. The van der Waals surface area contributed by atoms with Crippen LogP contribution in [-0.4, -0.2) is 0 Å². The van der Waals surface area contributed by atoms with Crippen LogP contribution < -0.4 is 16.2 Å². The maximum absolute atomic E-state index is 5.75. The lowest BCUT2D eigenvalue weighted by molar-refractivity contribution is 1.37. The summed E-state index contributed by atoms with van der Waals surface area (Å²) < 4.78 is 0. The molecule has 1 rings (SSSR count). The van der Waals surface area contributed by atoms with Crippen molar-refractivity contribution in [2.45, 2.75) is 13.8 Å². The summed E-state index contributed by atoms with van der Waals surface area (Å²) in [5.41, 5.74) is 7.75. The van der Waals surface area contributed by atoms with E-state index in [1.165, 1.54) is 10.8 Å². The Balaban J connectivity index is 3.68. The summed E-state index contributed by atoms with van der Waals surface area (Å²) in [4.78, 5) is 0. The Bertz CT molecular complexity index is 427. The molecule has 0 bridgehead atoms. The zero-order valence-corrected chi connectivity index (χ0v) is 8.17. The highest BCUT2D eigenvalue weighted by Gasteiger charge is 1.91. The van der Waals surface area contributed by atoms with Crippen LogP contribution in [-0.2, 0) is 0 Å². The molecule has 68 valence electrons. The standard InChI is InChI=1S/C12H15N/c1-4-6-10-8-11(13)7-9(3)12(10)5-2/h4-8H,1,13H2,2-3H3/b10-6-,12-5-. The van der Waals surface area contributed by atoms with E-state index in [2.05, 4.69) is 19.6 Å². The Kier molecular flexibility index (Phi) is 2.91. The van der Waals surface area contributed by atoms with Crippen LogP contribution in [0.25, 0.3) is 12.2 Å². The van der Waals surface area contributed by atoms with E-state index in [0.29, 0.717) is 0 Å².